The lowest BCUT2D eigenvalue weighted by molar-refractivity contribution is -0.147. The summed E-state index contributed by atoms with van der Waals surface area (Å²) in [6.07, 6.45) is 4.35. The molecule has 76 valence electrons. The molecule has 0 saturated carbocycles. The van der Waals surface area contributed by atoms with Gasteiger partial charge in [0.15, 0.2) is 0 Å². The van der Waals surface area contributed by atoms with Crippen LogP contribution in [-0.2, 0) is 9.59 Å². The predicted molar refractivity (Wildman–Crippen MR) is 64.9 cm³/mol. The summed E-state index contributed by atoms with van der Waals surface area (Å²) in [5, 5.41) is 0. The van der Waals surface area contributed by atoms with E-state index in [0.29, 0.717) is 13.0 Å². The number of amides is 1. The molecule has 1 saturated heterocycles. The number of aldehydes is 1. The molecular weight excluding hydrogens is 305 g/mol. The number of hydrogen-bond acceptors (Lipinski definition) is 2. The van der Waals surface area contributed by atoms with Gasteiger partial charge in [-0.1, -0.05) is 17.8 Å². The first kappa shape index (κ1) is 11.8. The van der Waals surface area contributed by atoms with E-state index in [4.69, 9.17) is 0 Å². The van der Waals surface area contributed by atoms with Gasteiger partial charge in [-0.2, -0.15) is 0 Å². The van der Waals surface area contributed by atoms with Crippen LogP contribution in [0.4, 0.5) is 0 Å². The molecular formula is C11H8INO2. The molecule has 0 aliphatic carbocycles. The Labute approximate surface area is 102 Å². The fourth-order valence-electron chi connectivity index (χ4n) is 1.11. The summed E-state index contributed by atoms with van der Waals surface area (Å²) in [5.41, 5.74) is 0. The van der Waals surface area contributed by atoms with Crippen molar-refractivity contribution in [3.8, 4) is 21.7 Å². The average molecular weight is 313 g/mol. The van der Waals surface area contributed by atoms with Crippen molar-refractivity contribution in [3.63, 3.8) is 0 Å². The second-order valence-corrected chi connectivity index (χ2v) is 3.36. The second kappa shape index (κ2) is 6.26. The van der Waals surface area contributed by atoms with E-state index in [9.17, 15) is 9.59 Å². The minimum absolute atomic E-state index is 0.0163. The van der Waals surface area contributed by atoms with Gasteiger partial charge >= 0.3 is 0 Å². The van der Waals surface area contributed by atoms with Crippen LogP contribution in [0.15, 0.2) is 12.2 Å². The van der Waals surface area contributed by atoms with E-state index in [-0.39, 0.29) is 11.9 Å². The molecule has 0 N–H and O–H groups in total. The van der Waals surface area contributed by atoms with E-state index in [1.165, 1.54) is 4.90 Å². The van der Waals surface area contributed by atoms with Gasteiger partial charge in [-0.05, 0) is 16.1 Å². The molecule has 0 aromatic rings. The third-order valence-electron chi connectivity index (χ3n) is 1.92. The van der Waals surface area contributed by atoms with Gasteiger partial charge in [0.25, 0.3) is 0 Å². The molecule has 0 radical (unpaired) electrons. The molecule has 1 aliphatic heterocycles. The van der Waals surface area contributed by atoms with E-state index < -0.39 is 0 Å². The Bertz CT molecular complexity index is 406. The highest BCUT2D eigenvalue weighted by Crippen LogP contribution is 2.15. The molecule has 1 atom stereocenters. The van der Waals surface area contributed by atoms with Crippen LogP contribution >= 0.6 is 22.6 Å². The largest absolute Gasteiger partial charge is 0.321 e. The van der Waals surface area contributed by atoms with Crippen molar-refractivity contribution in [2.75, 3.05) is 6.54 Å². The number of rotatable bonds is 2. The van der Waals surface area contributed by atoms with Gasteiger partial charge in [0.2, 0.25) is 5.91 Å². The molecule has 15 heavy (non-hydrogen) atoms. The second-order valence-electron chi connectivity index (χ2n) is 2.82. The van der Waals surface area contributed by atoms with E-state index in [1.807, 2.05) is 22.6 Å². The highest BCUT2D eigenvalue weighted by molar-refractivity contribution is 14.1. The Balaban J connectivity index is 2.38. The fourth-order valence-corrected chi connectivity index (χ4v) is 1.29. The van der Waals surface area contributed by atoms with Gasteiger partial charge in [-0.25, -0.2) is 0 Å². The van der Waals surface area contributed by atoms with Crippen LogP contribution in [0.3, 0.4) is 0 Å². The summed E-state index contributed by atoms with van der Waals surface area (Å²) < 4.78 is 2.67. The maximum absolute atomic E-state index is 11.0. The first-order chi connectivity index (χ1) is 7.29. The zero-order valence-corrected chi connectivity index (χ0v) is 10.0. The van der Waals surface area contributed by atoms with Crippen LogP contribution in [-0.4, -0.2) is 29.7 Å². The number of β-lactam (4-membered cyclic amide) rings is 1. The molecule has 0 spiro atoms. The Morgan fingerprint density at radius 1 is 1.47 bits per heavy atom. The zero-order chi connectivity index (χ0) is 11.1. The zero-order valence-electron chi connectivity index (χ0n) is 7.87. The molecule has 4 heteroatoms. The SMILES string of the molecule is O=CC1CC(=O)N1CC#C/C=C/C#CI. The van der Waals surface area contributed by atoms with E-state index in [2.05, 4.69) is 21.7 Å². The summed E-state index contributed by atoms with van der Waals surface area (Å²) >= 11 is 1.93. The minimum atomic E-state index is -0.273. The summed E-state index contributed by atoms with van der Waals surface area (Å²) in [5.74, 6) is 8.21. The third-order valence-corrected chi connectivity index (χ3v) is 2.23. The van der Waals surface area contributed by atoms with Crippen molar-refractivity contribution in [2.45, 2.75) is 12.5 Å². The first-order valence-electron chi connectivity index (χ1n) is 4.29. The summed E-state index contributed by atoms with van der Waals surface area (Å²) in [6, 6.07) is -0.273. The van der Waals surface area contributed by atoms with Crippen LogP contribution < -0.4 is 0 Å². The van der Waals surface area contributed by atoms with Gasteiger partial charge in [0, 0.05) is 22.6 Å². The number of allylic oxidation sites excluding steroid dienone is 2. The van der Waals surface area contributed by atoms with Crippen molar-refractivity contribution in [1.29, 1.82) is 0 Å². The molecule has 1 heterocycles. The first-order valence-corrected chi connectivity index (χ1v) is 5.36. The number of halogens is 1. The lowest BCUT2D eigenvalue weighted by Crippen LogP contribution is -2.53. The lowest BCUT2D eigenvalue weighted by Gasteiger charge is -2.35. The molecule has 1 amide bonds. The molecule has 0 aromatic heterocycles. The summed E-state index contributed by atoms with van der Waals surface area (Å²) in [6.45, 7) is 0.310. The van der Waals surface area contributed by atoms with Gasteiger partial charge in [-0.3, -0.25) is 4.79 Å². The molecule has 1 aliphatic rings. The Morgan fingerprint density at radius 2 is 2.20 bits per heavy atom. The molecule has 0 bridgehead atoms. The van der Waals surface area contributed by atoms with Crippen LogP contribution in [0.2, 0.25) is 0 Å². The Hall–Kier alpha value is -1.27. The Kier molecular flexibility index (Phi) is 4.92. The monoisotopic (exact) mass is 313 g/mol. The predicted octanol–water partition coefficient (Wildman–Crippen LogP) is 0.742. The van der Waals surface area contributed by atoms with Crippen molar-refractivity contribution in [1.82, 2.24) is 4.90 Å². The maximum Gasteiger partial charge on any atom is 0.226 e. The van der Waals surface area contributed by atoms with E-state index >= 15 is 0 Å². The molecule has 0 aromatic carbocycles. The van der Waals surface area contributed by atoms with Gasteiger partial charge in [0.1, 0.15) is 6.29 Å². The van der Waals surface area contributed by atoms with Crippen LogP contribution in [0.5, 0.6) is 0 Å². The number of carbonyl (C=O) groups excluding carboxylic acids is 2. The van der Waals surface area contributed by atoms with E-state index in [1.54, 1.807) is 12.2 Å². The third kappa shape index (κ3) is 3.41. The highest BCUT2D eigenvalue weighted by atomic mass is 127. The number of hydrogen-bond donors (Lipinski definition) is 0. The summed E-state index contributed by atoms with van der Waals surface area (Å²) in [4.78, 5) is 22.9. The van der Waals surface area contributed by atoms with Gasteiger partial charge < -0.3 is 9.69 Å². The number of likely N-dealkylation sites (tertiary alicyclic amines) is 1. The van der Waals surface area contributed by atoms with Crippen molar-refractivity contribution in [3.05, 3.63) is 12.2 Å². The molecule has 1 rings (SSSR count). The van der Waals surface area contributed by atoms with Gasteiger partial charge in [-0.15, -0.1) is 0 Å². The van der Waals surface area contributed by atoms with Crippen molar-refractivity contribution in [2.24, 2.45) is 0 Å². The molecule has 1 fully saturated rings. The molecule has 1 unspecified atom stereocenters. The number of nitrogens with zero attached hydrogens (tertiary/aromatic N) is 1. The smallest absolute Gasteiger partial charge is 0.226 e. The Morgan fingerprint density at radius 3 is 2.80 bits per heavy atom. The highest BCUT2D eigenvalue weighted by Gasteiger charge is 2.34. The topological polar surface area (TPSA) is 37.4 Å². The number of carbonyl (C=O) groups is 2. The van der Waals surface area contributed by atoms with Crippen molar-refractivity contribution < 1.29 is 9.59 Å². The van der Waals surface area contributed by atoms with Crippen molar-refractivity contribution >= 4 is 34.8 Å². The van der Waals surface area contributed by atoms with Crippen LogP contribution in [0, 0.1) is 21.7 Å². The summed E-state index contributed by atoms with van der Waals surface area (Å²) in [7, 11) is 0. The van der Waals surface area contributed by atoms with E-state index in [0.717, 1.165) is 6.29 Å². The van der Waals surface area contributed by atoms with Crippen LogP contribution in [0.1, 0.15) is 6.42 Å². The normalized spacial score (nSPS) is 18.6. The standard InChI is InChI=1S/C11H8INO2/c12-6-4-2-1-3-5-7-13-10(9-14)8-11(13)15/h1-2,9-10H,7-8H2/b2-1+. The average Bonchev–Trinajstić information content (AvgIpc) is 2.24. The fraction of sp³-hybridized carbons (Fsp3) is 0.273. The minimum Gasteiger partial charge on any atom is -0.321 e. The maximum atomic E-state index is 11.0. The van der Waals surface area contributed by atoms with Crippen LogP contribution in [0.25, 0.3) is 0 Å². The lowest BCUT2D eigenvalue weighted by atomic mass is 10.0. The van der Waals surface area contributed by atoms with Gasteiger partial charge in [0.05, 0.1) is 19.0 Å². The quantitative estimate of drug-likeness (QED) is 0.326. The molecule has 3 nitrogen and oxygen atoms in total.